The molecule has 1 amide bonds. The van der Waals surface area contributed by atoms with Crippen molar-refractivity contribution in [1.82, 2.24) is 10.2 Å². The van der Waals surface area contributed by atoms with Crippen LogP contribution < -0.4 is 10.1 Å². The maximum atomic E-state index is 12.7. The summed E-state index contributed by atoms with van der Waals surface area (Å²) < 4.78 is 5.82. The van der Waals surface area contributed by atoms with Crippen LogP contribution in [-0.2, 0) is 6.61 Å². The van der Waals surface area contributed by atoms with E-state index in [2.05, 4.69) is 5.32 Å². The van der Waals surface area contributed by atoms with Crippen LogP contribution in [0.3, 0.4) is 0 Å². The Morgan fingerprint density at radius 1 is 1.20 bits per heavy atom. The number of hydrogen-bond acceptors (Lipinski definition) is 3. The number of carbonyl (C=O) groups excluding carboxylic acids is 1. The Hall–Kier alpha value is -2.04. The molecule has 1 aliphatic rings. The molecule has 0 aromatic heterocycles. The standard InChI is InChI=1S/C20H23ClN2O2/c1-23(18-8-10-22-11-9-18)20(24)16-5-3-7-19(13-16)25-14-15-4-2-6-17(21)12-15/h2-7,12-13,18,22H,8-11,14H2,1H3. The normalized spacial score (nSPS) is 15.0. The first kappa shape index (κ1) is 17.8. The van der Waals surface area contributed by atoms with Crippen LogP contribution in [0.4, 0.5) is 0 Å². The van der Waals surface area contributed by atoms with Gasteiger partial charge in [-0.2, -0.15) is 0 Å². The fraction of sp³-hybridized carbons (Fsp3) is 0.350. The van der Waals surface area contributed by atoms with Gasteiger partial charge in [0.05, 0.1) is 0 Å². The summed E-state index contributed by atoms with van der Waals surface area (Å²) >= 11 is 5.99. The molecule has 1 heterocycles. The summed E-state index contributed by atoms with van der Waals surface area (Å²) in [6.45, 7) is 2.35. The van der Waals surface area contributed by atoms with Crippen molar-refractivity contribution in [3.63, 3.8) is 0 Å². The van der Waals surface area contributed by atoms with Gasteiger partial charge in [0.1, 0.15) is 12.4 Å². The maximum Gasteiger partial charge on any atom is 0.253 e. The highest BCUT2D eigenvalue weighted by atomic mass is 35.5. The number of hydrogen-bond donors (Lipinski definition) is 1. The second kappa shape index (κ2) is 8.37. The second-order valence-electron chi connectivity index (χ2n) is 6.34. The first-order chi connectivity index (χ1) is 12.1. The van der Waals surface area contributed by atoms with Gasteiger partial charge in [-0.25, -0.2) is 0 Å². The van der Waals surface area contributed by atoms with E-state index in [4.69, 9.17) is 16.3 Å². The van der Waals surface area contributed by atoms with Crippen LogP contribution in [0.1, 0.15) is 28.8 Å². The van der Waals surface area contributed by atoms with Crippen molar-refractivity contribution < 1.29 is 9.53 Å². The number of piperidine rings is 1. The van der Waals surface area contributed by atoms with E-state index in [-0.39, 0.29) is 5.91 Å². The smallest absolute Gasteiger partial charge is 0.253 e. The summed E-state index contributed by atoms with van der Waals surface area (Å²) in [5.41, 5.74) is 1.65. The Kier molecular flexibility index (Phi) is 5.95. The average Bonchev–Trinajstić information content (AvgIpc) is 2.66. The molecule has 1 N–H and O–H groups in total. The molecule has 0 radical (unpaired) electrons. The molecule has 0 spiro atoms. The van der Waals surface area contributed by atoms with E-state index >= 15 is 0 Å². The molecule has 4 nitrogen and oxygen atoms in total. The highest BCUT2D eigenvalue weighted by Crippen LogP contribution is 2.19. The predicted octanol–water partition coefficient (Wildman–Crippen LogP) is 3.74. The van der Waals surface area contributed by atoms with Gasteiger partial charge in [0.25, 0.3) is 5.91 Å². The van der Waals surface area contributed by atoms with Crippen molar-refractivity contribution in [3.8, 4) is 5.75 Å². The Balaban J connectivity index is 1.65. The van der Waals surface area contributed by atoms with Gasteiger partial charge in [-0.15, -0.1) is 0 Å². The molecule has 5 heteroatoms. The van der Waals surface area contributed by atoms with E-state index in [1.807, 2.05) is 60.5 Å². The summed E-state index contributed by atoms with van der Waals surface area (Å²) in [6, 6.07) is 15.2. The monoisotopic (exact) mass is 358 g/mol. The minimum Gasteiger partial charge on any atom is -0.489 e. The summed E-state index contributed by atoms with van der Waals surface area (Å²) in [4.78, 5) is 14.6. The predicted molar refractivity (Wildman–Crippen MR) is 100 cm³/mol. The van der Waals surface area contributed by atoms with Gasteiger partial charge in [0.2, 0.25) is 0 Å². The zero-order valence-corrected chi connectivity index (χ0v) is 15.1. The Bertz CT molecular complexity index is 729. The molecule has 132 valence electrons. The first-order valence-electron chi connectivity index (χ1n) is 8.58. The van der Waals surface area contributed by atoms with E-state index in [9.17, 15) is 4.79 Å². The van der Waals surface area contributed by atoms with Gasteiger partial charge >= 0.3 is 0 Å². The molecule has 1 aliphatic heterocycles. The molecule has 0 saturated carbocycles. The third kappa shape index (κ3) is 4.74. The molecular weight excluding hydrogens is 336 g/mol. The molecule has 0 atom stereocenters. The SMILES string of the molecule is CN(C(=O)c1cccc(OCc2cccc(Cl)c2)c1)C1CCNCC1. The highest BCUT2D eigenvalue weighted by Gasteiger charge is 2.23. The number of nitrogens with one attached hydrogen (secondary N) is 1. The first-order valence-corrected chi connectivity index (χ1v) is 8.96. The maximum absolute atomic E-state index is 12.7. The van der Waals surface area contributed by atoms with Crippen molar-refractivity contribution in [2.24, 2.45) is 0 Å². The lowest BCUT2D eigenvalue weighted by Crippen LogP contribution is -2.43. The lowest BCUT2D eigenvalue weighted by atomic mass is 10.0. The van der Waals surface area contributed by atoms with Gasteiger partial charge < -0.3 is 15.0 Å². The summed E-state index contributed by atoms with van der Waals surface area (Å²) in [5.74, 6) is 0.727. The molecule has 25 heavy (non-hydrogen) atoms. The van der Waals surface area contributed by atoms with Crippen molar-refractivity contribution >= 4 is 17.5 Å². The van der Waals surface area contributed by atoms with Crippen LogP contribution in [-0.4, -0.2) is 37.0 Å². The lowest BCUT2D eigenvalue weighted by Gasteiger charge is -2.31. The van der Waals surface area contributed by atoms with E-state index in [1.54, 1.807) is 0 Å². The van der Waals surface area contributed by atoms with E-state index in [0.29, 0.717) is 29.0 Å². The third-order valence-corrected chi connectivity index (χ3v) is 4.79. The second-order valence-corrected chi connectivity index (χ2v) is 6.78. The molecule has 0 bridgehead atoms. The van der Waals surface area contributed by atoms with Gasteiger partial charge in [-0.05, 0) is 61.8 Å². The molecule has 3 rings (SSSR count). The van der Waals surface area contributed by atoms with Crippen LogP contribution in [0.2, 0.25) is 5.02 Å². The summed E-state index contributed by atoms with van der Waals surface area (Å²) in [7, 11) is 1.89. The number of rotatable bonds is 5. The zero-order chi connectivity index (χ0) is 17.6. The number of benzene rings is 2. The Morgan fingerprint density at radius 3 is 2.72 bits per heavy atom. The van der Waals surface area contributed by atoms with Crippen molar-refractivity contribution in [2.75, 3.05) is 20.1 Å². The van der Waals surface area contributed by atoms with Crippen molar-refractivity contribution in [3.05, 3.63) is 64.7 Å². The van der Waals surface area contributed by atoms with Crippen molar-refractivity contribution in [1.29, 1.82) is 0 Å². The average molecular weight is 359 g/mol. The van der Waals surface area contributed by atoms with Gasteiger partial charge in [0, 0.05) is 23.7 Å². The molecule has 2 aromatic carbocycles. The van der Waals surface area contributed by atoms with Crippen molar-refractivity contribution in [2.45, 2.75) is 25.5 Å². The number of halogens is 1. The van der Waals surface area contributed by atoms with E-state index in [1.165, 1.54) is 0 Å². The highest BCUT2D eigenvalue weighted by molar-refractivity contribution is 6.30. The summed E-state index contributed by atoms with van der Waals surface area (Å²) in [5, 5.41) is 4.01. The number of ether oxygens (including phenoxy) is 1. The zero-order valence-electron chi connectivity index (χ0n) is 14.4. The fourth-order valence-electron chi connectivity index (χ4n) is 3.08. The number of carbonyl (C=O) groups is 1. The van der Waals surface area contributed by atoms with Crippen LogP contribution in [0, 0.1) is 0 Å². The summed E-state index contributed by atoms with van der Waals surface area (Å²) in [6.07, 6.45) is 1.99. The topological polar surface area (TPSA) is 41.6 Å². The van der Waals surface area contributed by atoms with Crippen LogP contribution in [0.25, 0.3) is 0 Å². The quantitative estimate of drug-likeness (QED) is 0.885. The molecular formula is C20H23ClN2O2. The third-order valence-electron chi connectivity index (χ3n) is 4.55. The Labute approximate surface area is 153 Å². The molecule has 0 unspecified atom stereocenters. The van der Waals surface area contributed by atoms with Gasteiger partial charge in [-0.3, -0.25) is 4.79 Å². The molecule has 0 aliphatic carbocycles. The van der Waals surface area contributed by atoms with Gasteiger partial charge in [-0.1, -0.05) is 29.8 Å². The number of nitrogens with zero attached hydrogens (tertiary/aromatic N) is 1. The molecule has 1 saturated heterocycles. The van der Waals surface area contributed by atoms with Gasteiger partial charge in [0.15, 0.2) is 0 Å². The largest absolute Gasteiger partial charge is 0.489 e. The minimum absolute atomic E-state index is 0.0418. The fourth-order valence-corrected chi connectivity index (χ4v) is 3.29. The van der Waals surface area contributed by atoms with E-state index < -0.39 is 0 Å². The molecule has 2 aromatic rings. The molecule has 1 fully saturated rings. The van der Waals surface area contributed by atoms with Crippen LogP contribution in [0.5, 0.6) is 5.75 Å². The van der Waals surface area contributed by atoms with E-state index in [0.717, 1.165) is 31.5 Å². The minimum atomic E-state index is 0.0418. The van der Waals surface area contributed by atoms with Crippen LogP contribution >= 0.6 is 11.6 Å². The lowest BCUT2D eigenvalue weighted by molar-refractivity contribution is 0.0702. The number of amides is 1. The Morgan fingerprint density at radius 2 is 1.96 bits per heavy atom. The van der Waals surface area contributed by atoms with Crippen LogP contribution in [0.15, 0.2) is 48.5 Å².